The van der Waals surface area contributed by atoms with Gasteiger partial charge < -0.3 is 4.42 Å². The zero-order chi connectivity index (χ0) is 31.2. The van der Waals surface area contributed by atoms with Crippen LogP contribution >= 0.6 is 0 Å². The number of furan rings is 1. The summed E-state index contributed by atoms with van der Waals surface area (Å²) in [4.78, 5) is 24.8. The van der Waals surface area contributed by atoms with Gasteiger partial charge >= 0.3 is 0 Å². The Bertz CT molecular complexity index is 2520. The minimum atomic E-state index is 0.593. The molecule has 0 aliphatic rings. The maximum atomic E-state index is 6.23. The van der Waals surface area contributed by atoms with Gasteiger partial charge in [0.1, 0.15) is 16.9 Å². The number of para-hydroxylation sites is 1. The van der Waals surface area contributed by atoms with Crippen molar-refractivity contribution in [3.63, 3.8) is 0 Å². The van der Waals surface area contributed by atoms with Gasteiger partial charge in [-0.25, -0.2) is 15.0 Å². The third-order valence-electron chi connectivity index (χ3n) is 8.42. The topological polar surface area (TPSA) is 77.6 Å². The summed E-state index contributed by atoms with van der Waals surface area (Å²) in [6, 6.07) is 46.7. The molecule has 0 atom stereocenters. The van der Waals surface area contributed by atoms with Crippen molar-refractivity contribution < 1.29 is 4.42 Å². The second-order valence-corrected chi connectivity index (χ2v) is 11.3. The molecule has 4 heterocycles. The number of benzene rings is 5. The fourth-order valence-electron chi connectivity index (χ4n) is 6.24. The molecule has 0 aliphatic carbocycles. The maximum Gasteiger partial charge on any atom is 0.164 e. The first-order valence-corrected chi connectivity index (χ1v) is 15.4. The highest BCUT2D eigenvalue weighted by molar-refractivity contribution is 6.14. The molecule has 220 valence electrons. The van der Waals surface area contributed by atoms with Gasteiger partial charge in [0.25, 0.3) is 0 Å². The van der Waals surface area contributed by atoms with E-state index >= 15 is 0 Å². The van der Waals surface area contributed by atoms with E-state index < -0.39 is 0 Å². The summed E-state index contributed by atoms with van der Waals surface area (Å²) in [5.41, 5.74) is 7.84. The van der Waals surface area contributed by atoms with E-state index in [1.165, 1.54) is 0 Å². The van der Waals surface area contributed by atoms with E-state index in [0.29, 0.717) is 17.5 Å². The number of fused-ring (bicyclic) bond motifs is 4. The van der Waals surface area contributed by atoms with Gasteiger partial charge in [-0.1, -0.05) is 121 Å². The quantitative estimate of drug-likeness (QED) is 0.195. The first-order valence-electron chi connectivity index (χ1n) is 15.4. The van der Waals surface area contributed by atoms with Crippen LogP contribution in [0.2, 0.25) is 0 Å². The molecular weight excluding hydrogens is 578 g/mol. The third-order valence-corrected chi connectivity index (χ3v) is 8.42. The molecule has 0 N–H and O–H groups in total. The molecule has 0 saturated heterocycles. The lowest BCUT2D eigenvalue weighted by Crippen LogP contribution is -2.00. The van der Waals surface area contributed by atoms with Gasteiger partial charge in [-0.05, 0) is 29.1 Å². The molecule has 0 saturated carbocycles. The summed E-state index contributed by atoms with van der Waals surface area (Å²) < 4.78 is 6.23. The minimum absolute atomic E-state index is 0.593. The molecule has 0 amide bonds. The van der Waals surface area contributed by atoms with Crippen LogP contribution in [0.4, 0.5) is 0 Å². The van der Waals surface area contributed by atoms with Gasteiger partial charge in [0.15, 0.2) is 17.5 Å². The molecule has 0 bridgehead atoms. The first kappa shape index (κ1) is 26.8. The summed E-state index contributed by atoms with van der Waals surface area (Å²) in [5, 5.41) is 4.07. The van der Waals surface area contributed by atoms with E-state index in [-0.39, 0.29) is 0 Å². The lowest BCUT2D eigenvalue weighted by molar-refractivity contribution is 0.668. The van der Waals surface area contributed by atoms with Crippen LogP contribution in [0.25, 0.3) is 89.4 Å². The Hall–Kier alpha value is -6.53. The van der Waals surface area contributed by atoms with Crippen LogP contribution in [-0.4, -0.2) is 24.9 Å². The molecule has 5 aromatic carbocycles. The van der Waals surface area contributed by atoms with Crippen LogP contribution < -0.4 is 0 Å². The van der Waals surface area contributed by atoms with Crippen LogP contribution in [0, 0.1) is 0 Å². The molecule has 6 nitrogen and oxygen atoms in total. The number of rotatable bonds is 5. The molecule has 4 aromatic heterocycles. The summed E-state index contributed by atoms with van der Waals surface area (Å²) in [7, 11) is 0. The summed E-state index contributed by atoms with van der Waals surface area (Å²) in [6.07, 6.45) is 3.71. The predicted molar refractivity (Wildman–Crippen MR) is 187 cm³/mol. The molecule has 9 rings (SSSR count). The van der Waals surface area contributed by atoms with E-state index in [4.69, 9.17) is 29.3 Å². The molecule has 9 aromatic rings. The number of pyridine rings is 2. The van der Waals surface area contributed by atoms with Gasteiger partial charge in [-0.3, -0.25) is 9.97 Å². The Labute approximate surface area is 270 Å². The maximum absolute atomic E-state index is 6.23. The Balaban J connectivity index is 1.28. The van der Waals surface area contributed by atoms with Crippen LogP contribution in [0.1, 0.15) is 0 Å². The average Bonchev–Trinajstić information content (AvgIpc) is 3.54. The van der Waals surface area contributed by atoms with Crippen molar-refractivity contribution in [3.05, 3.63) is 152 Å². The summed E-state index contributed by atoms with van der Waals surface area (Å²) in [6.45, 7) is 0. The van der Waals surface area contributed by atoms with Gasteiger partial charge in [-0.15, -0.1) is 0 Å². The van der Waals surface area contributed by atoms with Crippen LogP contribution in [0.3, 0.4) is 0 Å². The fourth-order valence-corrected chi connectivity index (χ4v) is 6.24. The molecular formula is C41H25N5O. The Morgan fingerprint density at radius 2 is 1.02 bits per heavy atom. The molecule has 0 radical (unpaired) electrons. The van der Waals surface area contributed by atoms with E-state index in [0.717, 1.165) is 71.9 Å². The van der Waals surface area contributed by atoms with Crippen LogP contribution in [0.15, 0.2) is 156 Å². The van der Waals surface area contributed by atoms with Gasteiger partial charge in [-0.2, -0.15) is 0 Å². The largest absolute Gasteiger partial charge is 0.456 e. The highest BCUT2D eigenvalue weighted by Crippen LogP contribution is 2.41. The van der Waals surface area contributed by atoms with E-state index in [2.05, 4.69) is 36.4 Å². The lowest BCUT2D eigenvalue weighted by Gasteiger charge is -2.14. The SMILES string of the molecule is c1ccc(-c2nc(-c3ccccc3)nc(-c3cccc(-c4c(-c5nccc6oc7ccccc7c56)ncc5ccccc45)c3)n2)cc1. The molecule has 47 heavy (non-hydrogen) atoms. The first-order chi connectivity index (χ1) is 23.3. The van der Waals surface area contributed by atoms with Crippen molar-refractivity contribution >= 4 is 32.7 Å². The fraction of sp³-hybridized carbons (Fsp3) is 0. The standard InChI is InChI=1S/C41H25N5O/c1-3-12-26(13-4-1)39-44-40(27-14-5-2-6-15-27)46-41(45-39)29-18-11-17-28(24-29)35-31-19-8-7-16-30(31)25-43-37(35)38-36-32-20-9-10-21-33(32)47-34(36)22-23-42-38/h1-25H. The second kappa shape index (κ2) is 11.1. The molecule has 0 aliphatic heterocycles. The molecule has 6 heteroatoms. The second-order valence-electron chi connectivity index (χ2n) is 11.3. The number of aromatic nitrogens is 5. The summed E-state index contributed by atoms with van der Waals surface area (Å²) in [5.74, 6) is 1.83. The highest BCUT2D eigenvalue weighted by atomic mass is 16.3. The van der Waals surface area contributed by atoms with Crippen molar-refractivity contribution in [1.82, 2.24) is 24.9 Å². The molecule has 0 unspecified atom stereocenters. The third kappa shape index (κ3) is 4.71. The van der Waals surface area contributed by atoms with Gasteiger partial charge in [0, 0.05) is 45.4 Å². The highest BCUT2D eigenvalue weighted by Gasteiger charge is 2.21. The van der Waals surface area contributed by atoms with Gasteiger partial charge in [0.05, 0.1) is 11.1 Å². The Kier molecular flexibility index (Phi) is 6.35. The zero-order valence-electron chi connectivity index (χ0n) is 25.1. The summed E-state index contributed by atoms with van der Waals surface area (Å²) >= 11 is 0. The van der Waals surface area contributed by atoms with Crippen LogP contribution in [0.5, 0.6) is 0 Å². The van der Waals surface area contributed by atoms with Crippen molar-refractivity contribution in [1.29, 1.82) is 0 Å². The Morgan fingerprint density at radius 1 is 0.426 bits per heavy atom. The predicted octanol–water partition coefficient (Wildman–Crippen LogP) is 10.0. The normalized spacial score (nSPS) is 11.4. The van der Waals surface area contributed by atoms with E-state index in [9.17, 15) is 0 Å². The van der Waals surface area contributed by atoms with Crippen LogP contribution in [-0.2, 0) is 0 Å². The van der Waals surface area contributed by atoms with Crippen molar-refractivity contribution in [2.75, 3.05) is 0 Å². The van der Waals surface area contributed by atoms with Crippen molar-refractivity contribution in [2.24, 2.45) is 0 Å². The van der Waals surface area contributed by atoms with Crippen molar-refractivity contribution in [3.8, 4) is 56.7 Å². The molecule has 0 spiro atoms. The monoisotopic (exact) mass is 603 g/mol. The zero-order valence-corrected chi connectivity index (χ0v) is 25.1. The smallest absolute Gasteiger partial charge is 0.164 e. The average molecular weight is 604 g/mol. The Morgan fingerprint density at radius 3 is 1.77 bits per heavy atom. The van der Waals surface area contributed by atoms with Crippen molar-refractivity contribution in [2.45, 2.75) is 0 Å². The molecule has 0 fully saturated rings. The number of hydrogen-bond acceptors (Lipinski definition) is 6. The lowest BCUT2D eigenvalue weighted by atomic mass is 9.93. The van der Waals surface area contributed by atoms with E-state index in [1.807, 2.05) is 109 Å². The van der Waals surface area contributed by atoms with E-state index in [1.54, 1.807) is 6.20 Å². The number of hydrogen-bond donors (Lipinski definition) is 0. The number of nitrogens with zero attached hydrogens (tertiary/aromatic N) is 5. The van der Waals surface area contributed by atoms with Gasteiger partial charge in [0.2, 0.25) is 0 Å². The minimum Gasteiger partial charge on any atom is -0.456 e.